The summed E-state index contributed by atoms with van der Waals surface area (Å²) in [5.74, 6) is -1.67. The first-order valence-electron chi connectivity index (χ1n) is 12.5. The van der Waals surface area contributed by atoms with Crippen LogP contribution in [0.4, 0.5) is 5.69 Å². The Hall–Kier alpha value is -4.42. The lowest BCUT2D eigenvalue weighted by atomic mass is 9.80. The van der Waals surface area contributed by atoms with Crippen LogP contribution < -0.4 is 20.1 Å². The van der Waals surface area contributed by atoms with Gasteiger partial charge in [0.15, 0.2) is 5.75 Å². The molecule has 0 aromatic heterocycles. The molecule has 0 amide bonds. The molecule has 0 fully saturated rings. The molecule has 0 radical (unpaired) electrons. The summed E-state index contributed by atoms with van der Waals surface area (Å²) in [7, 11) is 2.43. The minimum atomic E-state index is -0.963. The third-order valence-corrected chi connectivity index (χ3v) is 6.19. The summed E-state index contributed by atoms with van der Waals surface area (Å²) in [6, 6.07) is 13.4. The van der Waals surface area contributed by atoms with Crippen molar-refractivity contribution >= 4 is 17.6 Å². The number of nitro benzene ring substituents is 1. The Kier molecular flexibility index (Phi) is 10.6. The highest BCUT2D eigenvalue weighted by atomic mass is 16.6. The molecule has 0 saturated carbocycles. The fraction of sp³-hybridized carbons (Fsp3) is 0.357. The van der Waals surface area contributed by atoms with Crippen molar-refractivity contribution in [2.75, 3.05) is 40.5 Å². The molecule has 1 heterocycles. The normalized spacial score (nSPS) is 14.3. The highest BCUT2D eigenvalue weighted by Gasteiger charge is 2.38. The molecular formula is C28H33N3O9. The molecule has 1 aliphatic rings. The van der Waals surface area contributed by atoms with Crippen LogP contribution in [0.1, 0.15) is 25.3 Å². The zero-order valence-electron chi connectivity index (χ0n) is 22.8. The molecule has 0 bridgehead atoms. The molecule has 3 N–H and O–H groups in total. The number of carbonyl (C=O) groups is 2. The predicted molar refractivity (Wildman–Crippen MR) is 145 cm³/mol. The number of dihydropyridines is 1. The molecule has 12 nitrogen and oxygen atoms in total. The van der Waals surface area contributed by atoms with Crippen molar-refractivity contribution in [2.45, 2.75) is 25.9 Å². The van der Waals surface area contributed by atoms with Gasteiger partial charge in [-0.05, 0) is 37.6 Å². The lowest BCUT2D eigenvalue weighted by molar-refractivity contribution is -0.385. The number of nitro groups is 1. The first-order valence-corrected chi connectivity index (χ1v) is 12.5. The number of para-hydroxylation sites is 1. The Morgan fingerprint density at radius 3 is 2.23 bits per heavy atom. The van der Waals surface area contributed by atoms with E-state index in [1.165, 1.54) is 26.4 Å². The zero-order valence-corrected chi connectivity index (χ0v) is 22.8. The van der Waals surface area contributed by atoms with E-state index in [0.29, 0.717) is 29.3 Å². The summed E-state index contributed by atoms with van der Waals surface area (Å²) in [6.45, 7) is 4.03. The monoisotopic (exact) mass is 555 g/mol. The maximum absolute atomic E-state index is 12.7. The van der Waals surface area contributed by atoms with E-state index in [9.17, 15) is 24.8 Å². The Balaban J connectivity index is 1.71. The van der Waals surface area contributed by atoms with Crippen LogP contribution in [0.5, 0.6) is 11.5 Å². The van der Waals surface area contributed by atoms with Crippen LogP contribution in [0, 0.1) is 10.1 Å². The number of aliphatic hydroxyl groups excluding tert-OH is 1. The van der Waals surface area contributed by atoms with Gasteiger partial charge in [-0.3, -0.25) is 10.1 Å². The van der Waals surface area contributed by atoms with E-state index in [0.717, 1.165) is 0 Å². The van der Waals surface area contributed by atoms with Gasteiger partial charge in [-0.2, -0.15) is 0 Å². The molecule has 1 atom stereocenters. The minimum Gasteiger partial charge on any atom is -0.491 e. The number of allylic oxidation sites excluding steroid dienone is 2. The molecule has 1 aliphatic heterocycles. The number of nitrogens with zero attached hydrogens (tertiary/aromatic N) is 1. The van der Waals surface area contributed by atoms with Crippen molar-refractivity contribution in [3.8, 4) is 11.5 Å². The van der Waals surface area contributed by atoms with Crippen molar-refractivity contribution < 1.29 is 38.6 Å². The number of esters is 2. The Labute approximate surface area is 231 Å². The molecule has 0 saturated heterocycles. The number of methoxy groups -OCH3 is 2. The van der Waals surface area contributed by atoms with Gasteiger partial charge in [-0.1, -0.05) is 24.3 Å². The molecular weight excluding hydrogens is 522 g/mol. The fourth-order valence-electron chi connectivity index (χ4n) is 4.34. The second kappa shape index (κ2) is 14.1. The van der Waals surface area contributed by atoms with Crippen LogP contribution >= 0.6 is 0 Å². The molecule has 3 rings (SSSR count). The van der Waals surface area contributed by atoms with Crippen molar-refractivity contribution in [3.63, 3.8) is 0 Å². The number of benzene rings is 2. The van der Waals surface area contributed by atoms with Gasteiger partial charge in [0, 0.05) is 30.5 Å². The highest BCUT2D eigenvalue weighted by Crippen LogP contribution is 2.41. The lowest BCUT2D eigenvalue weighted by Crippen LogP contribution is -2.33. The van der Waals surface area contributed by atoms with Gasteiger partial charge >= 0.3 is 17.6 Å². The van der Waals surface area contributed by atoms with Crippen molar-refractivity contribution in [2.24, 2.45) is 0 Å². The molecule has 2 aromatic carbocycles. The van der Waals surface area contributed by atoms with Gasteiger partial charge in [0.25, 0.3) is 0 Å². The first kappa shape index (κ1) is 30.1. The number of ether oxygens (including phenoxy) is 4. The van der Waals surface area contributed by atoms with Crippen molar-refractivity contribution in [1.29, 1.82) is 0 Å². The van der Waals surface area contributed by atoms with Gasteiger partial charge in [0.2, 0.25) is 0 Å². The Morgan fingerprint density at radius 2 is 1.65 bits per heavy atom. The summed E-state index contributed by atoms with van der Waals surface area (Å²) in [6.07, 6.45) is -0.764. The molecule has 12 heteroatoms. The first-order chi connectivity index (χ1) is 19.2. The predicted octanol–water partition coefficient (Wildman–Crippen LogP) is 2.58. The maximum Gasteiger partial charge on any atom is 0.336 e. The van der Waals surface area contributed by atoms with Crippen LogP contribution in [0.15, 0.2) is 71.1 Å². The van der Waals surface area contributed by atoms with E-state index in [4.69, 9.17) is 18.9 Å². The van der Waals surface area contributed by atoms with E-state index in [-0.39, 0.29) is 42.3 Å². The van der Waals surface area contributed by atoms with Crippen LogP contribution in [0.2, 0.25) is 0 Å². The van der Waals surface area contributed by atoms with E-state index in [1.807, 2.05) is 18.2 Å². The quantitative estimate of drug-likeness (QED) is 0.144. The van der Waals surface area contributed by atoms with Crippen LogP contribution in [0.25, 0.3) is 0 Å². The van der Waals surface area contributed by atoms with Gasteiger partial charge < -0.3 is 34.7 Å². The number of aliphatic hydroxyl groups is 1. The van der Waals surface area contributed by atoms with E-state index in [2.05, 4.69) is 10.6 Å². The average molecular weight is 556 g/mol. The minimum absolute atomic E-state index is 0.0121. The van der Waals surface area contributed by atoms with Gasteiger partial charge in [-0.15, -0.1) is 0 Å². The summed E-state index contributed by atoms with van der Waals surface area (Å²) >= 11 is 0. The van der Waals surface area contributed by atoms with Crippen LogP contribution in [0.3, 0.4) is 0 Å². The average Bonchev–Trinajstić information content (AvgIpc) is 2.95. The number of rotatable bonds is 13. The lowest BCUT2D eigenvalue weighted by Gasteiger charge is -2.30. The molecule has 214 valence electrons. The molecule has 40 heavy (non-hydrogen) atoms. The Morgan fingerprint density at radius 1 is 1.02 bits per heavy atom. The van der Waals surface area contributed by atoms with Gasteiger partial charge in [-0.25, -0.2) is 9.59 Å². The third kappa shape index (κ3) is 7.36. The number of nitrogens with one attached hydrogen (secondary N) is 2. The van der Waals surface area contributed by atoms with Crippen molar-refractivity contribution in [1.82, 2.24) is 10.6 Å². The summed E-state index contributed by atoms with van der Waals surface area (Å²) in [4.78, 5) is 36.7. The van der Waals surface area contributed by atoms with Gasteiger partial charge in [0.1, 0.15) is 25.1 Å². The SMILES string of the molecule is COC(=O)C1=C(C)NC(C)=C(C(=O)OC)C1c1ccc(OCCNCC(O)COc2ccccc2)c([N+](=O)[O-])c1. The zero-order chi connectivity index (χ0) is 29.2. The van der Waals surface area contributed by atoms with Gasteiger partial charge in [0.05, 0.1) is 36.2 Å². The molecule has 2 aromatic rings. The number of hydrogen-bond donors (Lipinski definition) is 3. The van der Waals surface area contributed by atoms with Crippen molar-refractivity contribution in [3.05, 3.63) is 86.7 Å². The number of hydrogen-bond acceptors (Lipinski definition) is 11. The molecule has 0 aliphatic carbocycles. The summed E-state index contributed by atoms with van der Waals surface area (Å²) in [5.41, 5.74) is 1.15. The topological polar surface area (TPSA) is 158 Å². The Bertz CT molecular complexity index is 1250. The van der Waals surface area contributed by atoms with Crippen LogP contribution in [-0.2, 0) is 19.1 Å². The molecule has 0 spiro atoms. The smallest absolute Gasteiger partial charge is 0.336 e. The standard InChI is InChI=1S/C28H33N3O9/c1-17-24(27(33)37-3)26(25(18(2)30-17)28(34)38-4)19-10-11-23(22(14-19)31(35)36)39-13-12-29-15-20(32)16-40-21-8-6-5-7-9-21/h5-11,14,20,26,29-30,32H,12-13,15-16H2,1-4H3. The summed E-state index contributed by atoms with van der Waals surface area (Å²) in [5, 5.41) is 28.0. The van der Waals surface area contributed by atoms with E-state index in [1.54, 1.807) is 32.0 Å². The van der Waals surface area contributed by atoms with Crippen LogP contribution in [-0.4, -0.2) is 68.6 Å². The largest absolute Gasteiger partial charge is 0.491 e. The van der Waals surface area contributed by atoms with E-state index >= 15 is 0 Å². The molecule has 1 unspecified atom stereocenters. The number of carbonyl (C=O) groups excluding carboxylic acids is 2. The highest BCUT2D eigenvalue weighted by molar-refractivity contribution is 5.99. The second-order valence-electron chi connectivity index (χ2n) is 8.93. The second-order valence-corrected chi connectivity index (χ2v) is 8.93. The fourth-order valence-corrected chi connectivity index (χ4v) is 4.34. The third-order valence-electron chi connectivity index (χ3n) is 6.19. The van der Waals surface area contributed by atoms with E-state index < -0.39 is 28.9 Å². The maximum atomic E-state index is 12.7. The summed E-state index contributed by atoms with van der Waals surface area (Å²) < 4.78 is 21.0.